The number of nitrogens with zero attached hydrogens (tertiary/aromatic N) is 2. The van der Waals surface area contributed by atoms with Gasteiger partial charge in [-0.05, 0) is 70.9 Å². The van der Waals surface area contributed by atoms with Crippen molar-refractivity contribution in [2.24, 2.45) is 0 Å². The molecule has 0 bridgehead atoms. The van der Waals surface area contributed by atoms with Crippen LogP contribution in [0.4, 0.5) is 13.2 Å². The maximum Gasteiger partial charge on any atom is 0.387 e. The zero-order valence-electron chi connectivity index (χ0n) is 22.0. The van der Waals surface area contributed by atoms with Crippen molar-refractivity contribution in [1.29, 1.82) is 0 Å². The van der Waals surface area contributed by atoms with Gasteiger partial charge in [-0.15, -0.1) is 0 Å². The second kappa shape index (κ2) is 10.2. The third kappa shape index (κ3) is 5.96. The quantitative estimate of drug-likeness (QED) is 0.320. The summed E-state index contributed by atoms with van der Waals surface area (Å²) in [5.41, 5.74) is -2.59. The van der Waals surface area contributed by atoms with E-state index in [2.05, 4.69) is 10.1 Å². The van der Waals surface area contributed by atoms with Gasteiger partial charge in [0.1, 0.15) is 11.6 Å². The van der Waals surface area contributed by atoms with Crippen LogP contribution in [0.5, 0.6) is 5.75 Å². The molecule has 0 aliphatic carbocycles. The zero-order chi connectivity index (χ0) is 28.9. The summed E-state index contributed by atoms with van der Waals surface area (Å²) in [4.78, 5) is 26.9. The van der Waals surface area contributed by atoms with Crippen LogP contribution in [0, 0.1) is 5.82 Å². The molecule has 4 N–H and O–H groups in total. The summed E-state index contributed by atoms with van der Waals surface area (Å²) >= 11 is 0. The molecule has 4 rings (SSSR count). The van der Waals surface area contributed by atoms with Crippen LogP contribution >= 0.6 is 10.6 Å². The van der Waals surface area contributed by atoms with E-state index in [1.54, 1.807) is 6.92 Å². The lowest BCUT2D eigenvalue weighted by atomic mass is 9.94. The molecular weight excluding hydrogens is 539 g/mol. The molecule has 1 amide bonds. The van der Waals surface area contributed by atoms with Crippen molar-refractivity contribution in [2.75, 3.05) is 11.5 Å². The van der Waals surface area contributed by atoms with Gasteiger partial charge in [0, 0.05) is 28.7 Å². The number of imidazole rings is 1. The van der Waals surface area contributed by atoms with Gasteiger partial charge in [-0.25, -0.2) is 9.18 Å². The minimum absolute atomic E-state index is 0.175. The molecule has 2 aromatic carbocycles. The number of carbonyl (C=O) groups is 1. The predicted molar refractivity (Wildman–Crippen MR) is 143 cm³/mol. The van der Waals surface area contributed by atoms with Gasteiger partial charge in [0.2, 0.25) is 0 Å². The van der Waals surface area contributed by atoms with Crippen LogP contribution in [-0.4, -0.2) is 58.5 Å². The number of fused-ring (bicyclic) bond motifs is 1. The molecule has 39 heavy (non-hydrogen) atoms. The second-order valence-electron chi connectivity index (χ2n) is 10.7. The first kappa shape index (κ1) is 29.0. The van der Waals surface area contributed by atoms with E-state index in [9.17, 15) is 37.0 Å². The van der Waals surface area contributed by atoms with Gasteiger partial charge in [0.05, 0.1) is 28.4 Å². The van der Waals surface area contributed by atoms with E-state index in [-0.39, 0.29) is 39.5 Å². The SMILES string of the molecule is CC(n1c(=O)n(-c2cc(OC(F)F)ccc2F)c2ccc(C(=O)NC3(C)CCS(O)(O)CC3)cc21)C(C)(C)O. The van der Waals surface area contributed by atoms with Gasteiger partial charge < -0.3 is 15.2 Å². The summed E-state index contributed by atoms with van der Waals surface area (Å²) in [5, 5.41) is 13.6. The number of halogens is 3. The summed E-state index contributed by atoms with van der Waals surface area (Å²) in [6.07, 6.45) is 0.743. The number of nitrogens with one attached hydrogen (secondary N) is 1. The molecule has 1 aliphatic heterocycles. The van der Waals surface area contributed by atoms with Gasteiger partial charge in [-0.1, -0.05) is 0 Å². The molecule has 1 unspecified atom stereocenters. The highest BCUT2D eigenvalue weighted by Gasteiger charge is 2.35. The summed E-state index contributed by atoms with van der Waals surface area (Å²) in [6.45, 7) is 3.24. The van der Waals surface area contributed by atoms with Crippen molar-refractivity contribution in [3.05, 3.63) is 58.3 Å². The van der Waals surface area contributed by atoms with E-state index in [0.717, 1.165) is 22.8 Å². The molecule has 0 spiro atoms. The number of aromatic nitrogens is 2. The first-order valence-corrected chi connectivity index (χ1v) is 14.2. The van der Waals surface area contributed by atoms with Crippen molar-refractivity contribution in [3.63, 3.8) is 0 Å². The van der Waals surface area contributed by atoms with Gasteiger partial charge in [-0.3, -0.25) is 23.0 Å². The van der Waals surface area contributed by atoms with Crippen LogP contribution in [0.25, 0.3) is 16.7 Å². The molecule has 1 aromatic heterocycles. The van der Waals surface area contributed by atoms with Crippen molar-refractivity contribution < 1.29 is 36.9 Å². The van der Waals surface area contributed by atoms with Crippen LogP contribution < -0.4 is 15.7 Å². The summed E-state index contributed by atoms with van der Waals surface area (Å²) in [5.74, 6) is -1.33. The fourth-order valence-corrected chi connectivity index (χ4v) is 6.36. The molecule has 214 valence electrons. The lowest BCUT2D eigenvalue weighted by Crippen LogP contribution is -2.50. The van der Waals surface area contributed by atoms with Crippen molar-refractivity contribution in [1.82, 2.24) is 14.5 Å². The van der Waals surface area contributed by atoms with Gasteiger partial charge in [0.15, 0.2) is 0 Å². The number of hydrogen-bond acceptors (Lipinski definition) is 6. The monoisotopic (exact) mass is 571 g/mol. The van der Waals surface area contributed by atoms with Crippen LogP contribution in [0.3, 0.4) is 0 Å². The maximum atomic E-state index is 15.0. The average molecular weight is 572 g/mol. The Kier molecular flexibility index (Phi) is 7.58. The number of hydrogen-bond donors (Lipinski definition) is 4. The fraction of sp³-hybridized carbons (Fsp3) is 0.462. The molecule has 1 fully saturated rings. The van der Waals surface area contributed by atoms with E-state index in [1.807, 2.05) is 6.92 Å². The van der Waals surface area contributed by atoms with Crippen LogP contribution in [-0.2, 0) is 0 Å². The smallest absolute Gasteiger partial charge is 0.387 e. The maximum absolute atomic E-state index is 15.0. The van der Waals surface area contributed by atoms with Crippen LogP contribution in [0.1, 0.15) is 56.9 Å². The largest absolute Gasteiger partial charge is 0.435 e. The van der Waals surface area contributed by atoms with Crippen LogP contribution in [0.15, 0.2) is 41.2 Å². The van der Waals surface area contributed by atoms with Crippen molar-refractivity contribution in [3.8, 4) is 11.4 Å². The van der Waals surface area contributed by atoms with E-state index >= 15 is 0 Å². The summed E-state index contributed by atoms with van der Waals surface area (Å²) < 4.78 is 67.0. The lowest BCUT2D eigenvalue weighted by molar-refractivity contribution is -0.0498. The third-order valence-electron chi connectivity index (χ3n) is 7.31. The van der Waals surface area contributed by atoms with Crippen molar-refractivity contribution in [2.45, 2.75) is 64.3 Å². The Morgan fingerprint density at radius 1 is 1.13 bits per heavy atom. The number of carbonyl (C=O) groups excluding carboxylic acids is 1. The highest BCUT2D eigenvalue weighted by molar-refractivity contribution is 8.24. The second-order valence-corrected chi connectivity index (χ2v) is 13.2. The average Bonchev–Trinajstić information content (AvgIpc) is 3.11. The van der Waals surface area contributed by atoms with E-state index in [0.29, 0.717) is 12.8 Å². The van der Waals surface area contributed by atoms with E-state index in [4.69, 9.17) is 0 Å². The van der Waals surface area contributed by atoms with E-state index in [1.165, 1.54) is 36.6 Å². The Hall–Kier alpha value is -3.00. The lowest BCUT2D eigenvalue weighted by Gasteiger charge is -2.44. The highest BCUT2D eigenvalue weighted by atomic mass is 32.3. The standard InChI is InChI=1S/C26H32F3N3O6S/c1-15(25(2,3)35)31-21-13-16(22(33)30-26(4)9-11-39(36,37)12-10-26)5-8-19(21)32(24(31)34)20-14-17(38-23(28)29)6-7-18(20)27/h5-8,13-15,23,35-37H,9-12H2,1-4H3,(H,30,33). The predicted octanol–water partition coefficient (Wildman–Crippen LogP) is 4.90. The molecule has 2 heterocycles. The molecule has 9 nitrogen and oxygen atoms in total. The van der Waals surface area contributed by atoms with Crippen LogP contribution in [0.2, 0.25) is 0 Å². The molecule has 3 aromatic rings. The zero-order valence-corrected chi connectivity index (χ0v) is 22.8. The minimum Gasteiger partial charge on any atom is -0.435 e. The van der Waals surface area contributed by atoms with Gasteiger partial charge in [0.25, 0.3) is 5.91 Å². The third-order valence-corrected chi connectivity index (χ3v) is 9.02. The first-order chi connectivity index (χ1) is 18.0. The summed E-state index contributed by atoms with van der Waals surface area (Å²) in [7, 11) is -2.65. The Bertz CT molecular complexity index is 1450. The number of alkyl halides is 2. The first-order valence-electron chi connectivity index (χ1n) is 12.3. The molecule has 13 heteroatoms. The Morgan fingerprint density at radius 2 is 1.77 bits per heavy atom. The number of aliphatic hydroxyl groups is 1. The Balaban J connectivity index is 1.83. The summed E-state index contributed by atoms with van der Waals surface area (Å²) in [6, 6.07) is 6.41. The molecule has 0 radical (unpaired) electrons. The molecule has 0 saturated carbocycles. The van der Waals surface area contributed by atoms with Crippen molar-refractivity contribution >= 4 is 27.5 Å². The van der Waals surface area contributed by atoms with E-state index < -0.39 is 51.8 Å². The van der Waals surface area contributed by atoms with Gasteiger partial charge >= 0.3 is 12.3 Å². The Labute approximate surface area is 224 Å². The molecule has 1 aliphatic rings. The highest BCUT2D eigenvalue weighted by Crippen LogP contribution is 2.47. The fourth-order valence-electron chi connectivity index (χ4n) is 4.60. The molecule has 1 saturated heterocycles. The number of rotatable bonds is 7. The Morgan fingerprint density at radius 3 is 2.36 bits per heavy atom. The topological polar surface area (TPSA) is 126 Å². The van der Waals surface area contributed by atoms with Gasteiger partial charge in [-0.2, -0.15) is 19.4 Å². The minimum atomic E-state index is -3.16. The molecular formula is C26H32F3N3O6S. The molecule has 1 atom stereocenters. The number of ether oxygens (including phenoxy) is 1. The number of amides is 1. The number of benzene rings is 2. The normalized spacial score (nSPS) is 18.6.